The number of aryl methyl sites for hydroxylation is 1. The fourth-order valence-corrected chi connectivity index (χ4v) is 9.30. The van der Waals surface area contributed by atoms with Crippen molar-refractivity contribution in [2.45, 2.75) is 113 Å². The summed E-state index contributed by atoms with van der Waals surface area (Å²) in [5, 5.41) is 6.39. The normalized spacial score (nSPS) is 13.8. The zero-order chi connectivity index (χ0) is 44.3. The molecule has 0 spiro atoms. The Morgan fingerprint density at radius 3 is 1.21 bits per heavy atom. The Hall–Kier alpha value is -5.80. The van der Waals surface area contributed by atoms with Gasteiger partial charge in [0.05, 0.1) is 27.6 Å². The zero-order valence-corrected chi connectivity index (χ0v) is 39.6. The molecule has 3 nitrogen and oxygen atoms in total. The third kappa shape index (κ3) is 6.98. The Morgan fingerprint density at radius 1 is 0.403 bits per heavy atom. The van der Waals surface area contributed by atoms with Gasteiger partial charge in [0.1, 0.15) is 0 Å². The van der Waals surface area contributed by atoms with Gasteiger partial charge in [0.2, 0.25) is 0 Å². The van der Waals surface area contributed by atoms with Crippen LogP contribution in [0.4, 0.5) is 0 Å². The van der Waals surface area contributed by atoms with E-state index in [0.29, 0.717) is 5.92 Å². The van der Waals surface area contributed by atoms with Crippen molar-refractivity contribution in [3.63, 3.8) is 0 Å². The molecule has 0 bridgehead atoms. The van der Waals surface area contributed by atoms with E-state index < -0.39 is 0 Å². The molecule has 1 atom stereocenters. The van der Waals surface area contributed by atoms with Crippen LogP contribution < -0.4 is 0 Å². The summed E-state index contributed by atoms with van der Waals surface area (Å²) in [6.07, 6.45) is 4.80. The molecule has 0 aliphatic heterocycles. The topological polar surface area (TPSA) is 14.8 Å². The minimum Gasteiger partial charge on any atom is -0.310 e. The van der Waals surface area contributed by atoms with E-state index in [1.54, 1.807) is 0 Å². The average Bonchev–Trinajstić information content (AvgIpc) is 3.82. The Balaban J connectivity index is 1.33. The summed E-state index contributed by atoms with van der Waals surface area (Å²) >= 11 is 0. The van der Waals surface area contributed by atoms with Crippen molar-refractivity contribution in [3.8, 4) is 17.1 Å². The average molecular weight is 816 g/mol. The molecular formula is C59H65N3. The summed E-state index contributed by atoms with van der Waals surface area (Å²) in [4.78, 5) is 0. The molecule has 0 saturated heterocycles. The molecule has 62 heavy (non-hydrogen) atoms. The molecule has 3 aromatic heterocycles. The van der Waals surface area contributed by atoms with Gasteiger partial charge < -0.3 is 13.7 Å². The number of allylic oxidation sites excluding steroid dienone is 1. The smallest absolute Gasteiger partial charge is 0.0542 e. The molecule has 0 fully saturated rings. The molecule has 316 valence electrons. The van der Waals surface area contributed by atoms with E-state index in [1.165, 1.54) is 93.8 Å². The summed E-state index contributed by atoms with van der Waals surface area (Å²) in [5.41, 5.74) is 16.5. The minimum atomic E-state index is 0.0408. The molecule has 3 heterocycles. The summed E-state index contributed by atoms with van der Waals surface area (Å²) in [6, 6.07) is 46.4. The van der Waals surface area contributed by atoms with Gasteiger partial charge in [-0.05, 0) is 148 Å². The zero-order valence-electron chi connectivity index (χ0n) is 39.6. The van der Waals surface area contributed by atoms with Gasteiger partial charge in [-0.3, -0.25) is 0 Å². The molecule has 9 rings (SSSR count). The van der Waals surface area contributed by atoms with Crippen molar-refractivity contribution < 1.29 is 0 Å². The van der Waals surface area contributed by atoms with Crippen LogP contribution in [0.15, 0.2) is 127 Å². The van der Waals surface area contributed by atoms with E-state index in [2.05, 4.69) is 244 Å². The van der Waals surface area contributed by atoms with Crippen molar-refractivity contribution >= 4 is 60.6 Å². The fourth-order valence-electron chi connectivity index (χ4n) is 9.30. The van der Waals surface area contributed by atoms with Crippen LogP contribution in [-0.2, 0) is 16.2 Å². The van der Waals surface area contributed by atoms with Gasteiger partial charge in [0.15, 0.2) is 0 Å². The second kappa shape index (κ2) is 14.4. The first-order valence-electron chi connectivity index (χ1n) is 22.7. The van der Waals surface area contributed by atoms with Crippen LogP contribution in [0.3, 0.4) is 0 Å². The largest absolute Gasteiger partial charge is 0.310 e. The molecule has 0 saturated carbocycles. The molecule has 0 aliphatic carbocycles. The lowest BCUT2D eigenvalue weighted by atomic mass is 9.82. The van der Waals surface area contributed by atoms with Crippen LogP contribution >= 0.6 is 0 Å². The predicted molar refractivity (Wildman–Crippen MR) is 270 cm³/mol. The van der Waals surface area contributed by atoms with Crippen LogP contribution in [0, 0.1) is 18.3 Å². The van der Waals surface area contributed by atoms with Crippen LogP contribution in [0.1, 0.15) is 118 Å². The Morgan fingerprint density at radius 2 is 0.774 bits per heavy atom. The van der Waals surface area contributed by atoms with Crippen LogP contribution in [-0.4, -0.2) is 13.7 Å². The Bertz CT molecular complexity index is 3150. The SMILES string of the molecule is Cc1c(/C=C\C(C)C(C)(C)C)n(-c2ccc3c(c2)c2cc(-n4c5ccc(C(C)(C)C)cc5c5cc(C(C)(C)C)ccc54)ccc2n3-c2ccccc2)c2ccc(C(C)(C)C)cc12. The summed E-state index contributed by atoms with van der Waals surface area (Å²) < 4.78 is 7.44. The van der Waals surface area contributed by atoms with Crippen molar-refractivity contribution in [2.75, 3.05) is 0 Å². The van der Waals surface area contributed by atoms with Crippen molar-refractivity contribution in [2.24, 2.45) is 11.3 Å². The number of para-hydroxylation sites is 1. The number of hydrogen-bond donors (Lipinski definition) is 0. The minimum absolute atomic E-state index is 0.0408. The van der Waals surface area contributed by atoms with Gasteiger partial charge in [-0.25, -0.2) is 0 Å². The maximum absolute atomic E-state index is 2.50. The summed E-state index contributed by atoms with van der Waals surface area (Å²) in [6.45, 7) is 32.4. The lowest BCUT2D eigenvalue weighted by Gasteiger charge is -2.24. The maximum atomic E-state index is 2.50. The van der Waals surface area contributed by atoms with E-state index in [4.69, 9.17) is 0 Å². The van der Waals surface area contributed by atoms with Gasteiger partial charge in [-0.15, -0.1) is 0 Å². The molecular weight excluding hydrogens is 751 g/mol. The van der Waals surface area contributed by atoms with Gasteiger partial charge in [-0.2, -0.15) is 0 Å². The van der Waals surface area contributed by atoms with Gasteiger partial charge in [0.25, 0.3) is 0 Å². The van der Waals surface area contributed by atoms with E-state index >= 15 is 0 Å². The predicted octanol–water partition coefficient (Wildman–Crippen LogP) is 16.7. The number of aromatic nitrogens is 3. The van der Waals surface area contributed by atoms with Crippen molar-refractivity contribution in [1.29, 1.82) is 0 Å². The highest BCUT2D eigenvalue weighted by atomic mass is 15.0. The van der Waals surface area contributed by atoms with Crippen molar-refractivity contribution in [3.05, 3.63) is 155 Å². The monoisotopic (exact) mass is 816 g/mol. The second-order valence-corrected chi connectivity index (χ2v) is 22.2. The van der Waals surface area contributed by atoms with Crippen LogP contribution in [0.5, 0.6) is 0 Å². The third-order valence-corrected chi connectivity index (χ3v) is 13.8. The third-order valence-electron chi connectivity index (χ3n) is 13.8. The molecule has 3 heteroatoms. The lowest BCUT2D eigenvalue weighted by molar-refractivity contribution is 0.315. The van der Waals surface area contributed by atoms with E-state index in [0.717, 1.165) is 5.69 Å². The summed E-state index contributed by atoms with van der Waals surface area (Å²) in [7, 11) is 0. The molecule has 0 amide bonds. The van der Waals surface area contributed by atoms with Crippen molar-refractivity contribution in [1.82, 2.24) is 13.7 Å². The van der Waals surface area contributed by atoms with E-state index in [9.17, 15) is 0 Å². The number of benzene rings is 6. The molecule has 1 unspecified atom stereocenters. The Kier molecular flexibility index (Phi) is 9.63. The molecule has 0 aliphatic rings. The van der Waals surface area contributed by atoms with Crippen LogP contribution in [0.2, 0.25) is 0 Å². The van der Waals surface area contributed by atoms with Crippen LogP contribution in [0.25, 0.3) is 77.7 Å². The highest BCUT2D eigenvalue weighted by Gasteiger charge is 2.24. The molecule has 0 N–H and O–H groups in total. The number of fused-ring (bicyclic) bond motifs is 7. The first kappa shape index (κ1) is 41.5. The highest BCUT2D eigenvalue weighted by Crippen LogP contribution is 2.42. The lowest BCUT2D eigenvalue weighted by Crippen LogP contribution is -2.14. The number of nitrogens with zero attached hydrogens (tertiary/aromatic N) is 3. The van der Waals surface area contributed by atoms with Gasteiger partial charge in [-0.1, -0.05) is 132 Å². The van der Waals surface area contributed by atoms with E-state index in [1.807, 2.05) is 0 Å². The number of rotatable bonds is 5. The summed E-state index contributed by atoms with van der Waals surface area (Å²) in [5.74, 6) is 0.407. The quantitative estimate of drug-likeness (QED) is 0.164. The van der Waals surface area contributed by atoms with E-state index in [-0.39, 0.29) is 21.7 Å². The molecule has 9 aromatic rings. The van der Waals surface area contributed by atoms with Gasteiger partial charge >= 0.3 is 0 Å². The number of hydrogen-bond acceptors (Lipinski definition) is 0. The first-order valence-corrected chi connectivity index (χ1v) is 22.7. The second-order valence-electron chi connectivity index (χ2n) is 22.2. The standard InChI is InChI=1S/C59H65N3/c1-37(56(3,4)5)20-26-50-38(2)45-32-39(57(6,7)8)21-27-51(45)61(50)43-24-30-54-48(35-43)49-36-44(25-31-55(49)60(54)42-18-16-15-17-19-42)62-52-28-22-40(58(9,10)11)33-46(52)47-34-41(59(12,13)14)23-29-53(47)62/h15-37H,1-14H3/b26-20-. The van der Waals surface area contributed by atoms with Gasteiger partial charge in [0, 0.05) is 49.7 Å². The molecule has 6 aromatic carbocycles. The first-order chi connectivity index (χ1) is 29.1. The highest BCUT2D eigenvalue weighted by molar-refractivity contribution is 6.13. The fraction of sp³-hybridized carbons (Fsp3) is 0.322. The maximum Gasteiger partial charge on any atom is 0.0542 e. The molecule has 0 radical (unpaired) electrons. The Labute approximate surface area is 369 Å².